The van der Waals surface area contributed by atoms with Gasteiger partial charge in [0.25, 0.3) is 0 Å². The van der Waals surface area contributed by atoms with Crippen LogP contribution in [0.15, 0.2) is 170 Å². The first-order valence-electron chi connectivity index (χ1n) is 22.2. The molecule has 0 spiro atoms. The van der Waals surface area contributed by atoms with Crippen molar-refractivity contribution in [3.8, 4) is 27.9 Å². The highest BCUT2D eigenvalue weighted by molar-refractivity contribution is 6.09. The average molecular weight is 866 g/mol. The van der Waals surface area contributed by atoms with E-state index in [-0.39, 0.29) is 40.5 Å². The Bertz CT molecular complexity index is 3180. The lowest BCUT2D eigenvalue weighted by molar-refractivity contribution is 0.659. The lowest BCUT2D eigenvalue weighted by Crippen LogP contribution is -2.15. The third kappa shape index (κ3) is 7.73. The monoisotopic (exact) mass is 866 g/mol. The van der Waals surface area contributed by atoms with Gasteiger partial charge in [-0.1, -0.05) is 220 Å². The second kappa shape index (κ2) is 18.3. The molecule has 0 N–H and O–H groups in total. The summed E-state index contributed by atoms with van der Waals surface area (Å²) in [5, 5.41) is 8.15. The first-order chi connectivity index (χ1) is 29.8. The molecule has 0 radical (unpaired) electrons. The second-order valence-corrected chi connectivity index (χ2v) is 18.9. The quantitative estimate of drug-likeness (QED) is 0.155. The van der Waals surface area contributed by atoms with E-state index in [0.29, 0.717) is 0 Å². The molecule has 1 heterocycles. The molecule has 0 saturated heterocycles. The molecule has 66 heavy (non-hydrogen) atoms. The van der Waals surface area contributed by atoms with Crippen molar-refractivity contribution in [1.82, 2.24) is 4.57 Å². The van der Waals surface area contributed by atoms with E-state index in [0.717, 1.165) is 0 Å². The van der Waals surface area contributed by atoms with Crippen LogP contribution in [0.3, 0.4) is 0 Å². The Morgan fingerprint density at radius 1 is 0.318 bits per heavy atom. The number of fused-ring (bicyclic) bond motifs is 13. The first-order valence-corrected chi connectivity index (χ1v) is 22.2. The number of rotatable bonds is 1. The Balaban J connectivity index is 0.000000159. The van der Waals surface area contributed by atoms with Gasteiger partial charge < -0.3 is 4.57 Å². The highest BCUT2D eigenvalue weighted by Crippen LogP contribution is 2.53. The van der Waals surface area contributed by atoms with Gasteiger partial charge in [-0.15, -0.1) is 0 Å². The van der Waals surface area contributed by atoms with Gasteiger partial charge in [-0.05, 0) is 136 Å². The highest BCUT2D eigenvalue weighted by Gasteiger charge is 2.38. The molecule has 0 bridgehead atoms. The number of hydrogen-bond donors (Lipinski definition) is 0. The van der Waals surface area contributed by atoms with Gasteiger partial charge in [0.1, 0.15) is 0 Å². The number of aromatic nitrogens is 1. The van der Waals surface area contributed by atoms with Gasteiger partial charge in [-0.2, -0.15) is 0 Å². The average Bonchev–Trinajstić information content (AvgIpc) is 3.81. The molecular formula is C65H71N. The normalized spacial score (nSPS) is 13.0. The molecule has 336 valence electrons. The van der Waals surface area contributed by atoms with Crippen molar-refractivity contribution < 1.29 is 0 Å². The minimum absolute atomic E-state index is 0. The molecule has 0 amide bonds. The van der Waals surface area contributed by atoms with E-state index in [1.54, 1.807) is 0 Å². The van der Waals surface area contributed by atoms with Crippen molar-refractivity contribution >= 4 is 43.4 Å². The van der Waals surface area contributed by atoms with Crippen LogP contribution >= 0.6 is 0 Å². The van der Waals surface area contributed by atoms with Crippen LogP contribution in [0, 0.1) is 34.6 Å². The van der Waals surface area contributed by atoms with Crippen molar-refractivity contribution in [1.29, 1.82) is 0 Å². The predicted octanol–water partition coefficient (Wildman–Crippen LogP) is 19.2. The van der Waals surface area contributed by atoms with Gasteiger partial charge >= 0.3 is 0 Å². The molecular weight excluding hydrogens is 795 g/mol. The van der Waals surface area contributed by atoms with E-state index in [1.807, 2.05) is 0 Å². The third-order valence-corrected chi connectivity index (χ3v) is 14.0. The summed E-state index contributed by atoms with van der Waals surface area (Å²) in [6.45, 7) is 20.4. The van der Waals surface area contributed by atoms with Gasteiger partial charge in [-0.25, -0.2) is 0 Å². The maximum atomic E-state index is 2.40. The van der Waals surface area contributed by atoms with Crippen molar-refractivity contribution in [2.75, 3.05) is 0 Å². The largest absolute Gasteiger partial charge is 0.309 e. The summed E-state index contributed by atoms with van der Waals surface area (Å²) in [5.41, 5.74) is 22.2. The molecule has 0 fully saturated rings. The van der Waals surface area contributed by atoms with Crippen LogP contribution in [0.5, 0.6) is 0 Å². The zero-order valence-corrected chi connectivity index (χ0v) is 37.6. The van der Waals surface area contributed by atoms with Crippen LogP contribution in [0.25, 0.3) is 71.3 Å². The van der Waals surface area contributed by atoms with Gasteiger partial charge in [0.15, 0.2) is 0 Å². The maximum absolute atomic E-state index is 2.40. The van der Waals surface area contributed by atoms with E-state index in [9.17, 15) is 0 Å². The molecule has 2 aliphatic carbocycles. The molecule has 10 aromatic rings. The van der Waals surface area contributed by atoms with Crippen LogP contribution in [-0.2, 0) is 10.8 Å². The molecule has 12 rings (SSSR count). The Hall–Kier alpha value is -6.70. The van der Waals surface area contributed by atoms with Crippen molar-refractivity contribution in [3.63, 3.8) is 0 Å². The van der Waals surface area contributed by atoms with Crippen molar-refractivity contribution in [3.05, 3.63) is 220 Å². The molecule has 1 aromatic heterocycles. The molecule has 2 aliphatic rings. The number of hydrogen-bond acceptors (Lipinski definition) is 0. The van der Waals surface area contributed by atoms with E-state index in [4.69, 9.17) is 0 Å². The summed E-state index contributed by atoms with van der Waals surface area (Å²) < 4.78 is 2.34. The number of nitrogens with zero attached hydrogens (tertiary/aromatic N) is 1. The number of aryl methyl sites for hydroxylation is 5. The van der Waals surface area contributed by atoms with Crippen LogP contribution in [0.1, 0.15) is 107 Å². The minimum Gasteiger partial charge on any atom is -0.309 e. The van der Waals surface area contributed by atoms with E-state index in [2.05, 4.69) is 237 Å². The Morgan fingerprint density at radius 3 is 1.05 bits per heavy atom. The summed E-state index contributed by atoms with van der Waals surface area (Å²) >= 11 is 0. The van der Waals surface area contributed by atoms with E-state index >= 15 is 0 Å². The SMILES string of the molecule is C.C.C.C.Cc1ccc(-n2c3ccccc3c3ccccc32)cc1.Cc1ccc2c(c1)C(C)(C)c1cc(C)c3ccccc3c1-2.Cc1ccc2c(c1)C(C)(C)c1cc(C)c3ccccc3c1-2. The fourth-order valence-electron chi connectivity index (χ4n) is 10.7. The lowest BCUT2D eigenvalue weighted by Gasteiger charge is -2.22. The van der Waals surface area contributed by atoms with Gasteiger partial charge in [-0.3, -0.25) is 0 Å². The van der Waals surface area contributed by atoms with E-state index in [1.165, 1.54) is 121 Å². The first kappa shape index (κ1) is 48.7. The second-order valence-electron chi connectivity index (χ2n) is 18.9. The van der Waals surface area contributed by atoms with E-state index < -0.39 is 0 Å². The molecule has 0 unspecified atom stereocenters. The standard InChI is InChI=1S/2C21H20.C19H15N.4CH4/c2*1-13-9-10-17-18(11-13)21(3,4)19-12-14(2)15-7-5-6-8-16(15)20(17)19;1-14-10-12-15(13-11-14)20-18-8-4-2-6-16(18)17-7-3-5-9-19(17)20;;;;/h2*5-12H,1-4H3;2-13H,1H3;4*1H4. The summed E-state index contributed by atoms with van der Waals surface area (Å²) in [5.74, 6) is 0. The Labute approximate surface area is 396 Å². The fraction of sp³-hybridized carbons (Fsp3) is 0.231. The zero-order valence-electron chi connectivity index (χ0n) is 37.6. The molecule has 9 aromatic carbocycles. The van der Waals surface area contributed by atoms with Crippen molar-refractivity contribution in [2.45, 2.75) is 103 Å². The summed E-state index contributed by atoms with van der Waals surface area (Å²) in [6.07, 6.45) is 0. The summed E-state index contributed by atoms with van der Waals surface area (Å²) in [7, 11) is 0. The molecule has 0 aliphatic heterocycles. The molecule has 0 atom stereocenters. The topological polar surface area (TPSA) is 4.93 Å². The Morgan fingerprint density at radius 2 is 0.652 bits per heavy atom. The van der Waals surface area contributed by atoms with Crippen LogP contribution in [0.4, 0.5) is 0 Å². The molecule has 1 heteroatoms. The smallest absolute Gasteiger partial charge is 0.0541 e. The molecule has 1 nitrogen and oxygen atoms in total. The van der Waals surface area contributed by atoms with Crippen LogP contribution in [0.2, 0.25) is 0 Å². The van der Waals surface area contributed by atoms with Crippen molar-refractivity contribution in [2.24, 2.45) is 0 Å². The van der Waals surface area contributed by atoms with Crippen LogP contribution < -0.4 is 0 Å². The number of benzene rings is 9. The Kier molecular flexibility index (Phi) is 13.5. The maximum Gasteiger partial charge on any atom is 0.0541 e. The van der Waals surface area contributed by atoms with Gasteiger partial charge in [0.2, 0.25) is 0 Å². The number of para-hydroxylation sites is 2. The summed E-state index contributed by atoms with van der Waals surface area (Å²) in [6, 6.07) is 62.1. The third-order valence-electron chi connectivity index (χ3n) is 14.0. The zero-order chi connectivity index (χ0) is 43.1. The van der Waals surface area contributed by atoms with Gasteiger partial charge in [0.05, 0.1) is 11.0 Å². The minimum atomic E-state index is 0. The fourth-order valence-corrected chi connectivity index (χ4v) is 10.7. The van der Waals surface area contributed by atoms with Gasteiger partial charge in [0, 0.05) is 27.3 Å². The van der Waals surface area contributed by atoms with Crippen LogP contribution in [-0.4, -0.2) is 4.57 Å². The predicted molar refractivity (Wildman–Crippen MR) is 294 cm³/mol. The summed E-state index contributed by atoms with van der Waals surface area (Å²) in [4.78, 5) is 0. The lowest BCUT2D eigenvalue weighted by atomic mass is 9.81. The highest BCUT2D eigenvalue weighted by atomic mass is 15.0. The molecule has 0 saturated carbocycles.